The van der Waals surface area contributed by atoms with Crippen LogP contribution in [0.5, 0.6) is 0 Å². The molecule has 2 heteroatoms. The molecule has 0 aliphatic heterocycles. The van der Waals surface area contributed by atoms with Gasteiger partial charge in [-0.3, -0.25) is 0 Å². The second kappa shape index (κ2) is 3.16. The molecule has 1 N–H and O–H groups in total. The van der Waals surface area contributed by atoms with Crippen molar-refractivity contribution in [3.63, 3.8) is 0 Å². The summed E-state index contributed by atoms with van der Waals surface area (Å²) in [6.07, 6.45) is 3.81. The summed E-state index contributed by atoms with van der Waals surface area (Å²) in [6.45, 7) is 2.36. The van der Waals surface area contributed by atoms with Gasteiger partial charge in [0.15, 0.2) is 0 Å². The molecule has 0 spiro atoms. The van der Waals surface area contributed by atoms with Crippen LogP contribution in [0.25, 0.3) is 10.9 Å². The third-order valence-corrected chi connectivity index (χ3v) is 3.59. The van der Waals surface area contributed by atoms with Crippen LogP contribution in [0.15, 0.2) is 18.2 Å². The van der Waals surface area contributed by atoms with Gasteiger partial charge in [-0.15, -0.1) is 0 Å². The maximum atomic E-state index is 3.56. The van der Waals surface area contributed by atoms with Crippen LogP contribution in [-0.2, 0) is 12.8 Å². The number of hydrogen-bond donors (Lipinski definition) is 1. The third kappa shape index (κ3) is 1.39. The van der Waals surface area contributed by atoms with E-state index in [0.29, 0.717) is 0 Å². The molecule has 2 aromatic rings. The van der Waals surface area contributed by atoms with Crippen molar-refractivity contribution in [2.75, 3.05) is 0 Å². The second-order valence-corrected chi connectivity index (χ2v) is 4.98. The smallest absolute Gasteiger partial charge is 0.139 e. The van der Waals surface area contributed by atoms with E-state index in [1.54, 1.807) is 5.56 Å². The maximum absolute atomic E-state index is 3.56. The van der Waals surface area contributed by atoms with Gasteiger partial charge in [0.05, 0.1) is 0 Å². The highest BCUT2D eigenvalue weighted by atomic mass is 14.7. The summed E-state index contributed by atoms with van der Waals surface area (Å²) < 4.78 is 0. The van der Waals surface area contributed by atoms with E-state index < -0.39 is 0 Å². The SMILES string of the molecule is Bc1ccc2[nH]c3c(c2c1)CC(C)CC3. The predicted octanol–water partition coefficient (Wildman–Crippen LogP) is 1.55. The number of rotatable bonds is 0. The van der Waals surface area contributed by atoms with E-state index in [4.69, 9.17) is 0 Å². The van der Waals surface area contributed by atoms with Crippen LogP contribution in [0.2, 0.25) is 0 Å². The quantitative estimate of drug-likeness (QED) is 0.616. The maximum Gasteiger partial charge on any atom is 0.139 e. The van der Waals surface area contributed by atoms with Crippen LogP contribution in [0, 0.1) is 5.92 Å². The second-order valence-electron chi connectivity index (χ2n) is 4.98. The molecule has 1 nitrogen and oxygen atoms in total. The lowest BCUT2D eigenvalue weighted by atomic mass is 9.86. The van der Waals surface area contributed by atoms with Crippen molar-refractivity contribution in [3.05, 3.63) is 29.5 Å². The Bertz CT molecular complexity index is 512. The summed E-state index contributed by atoms with van der Waals surface area (Å²) >= 11 is 0. The fourth-order valence-electron chi connectivity index (χ4n) is 2.71. The van der Waals surface area contributed by atoms with Crippen LogP contribution in [0.1, 0.15) is 24.6 Å². The molecule has 0 radical (unpaired) electrons. The molecule has 1 atom stereocenters. The molecule has 1 aliphatic carbocycles. The molecule has 1 aromatic heterocycles. The average molecular weight is 197 g/mol. The molecular formula is C13H16BN. The number of aromatic amines is 1. The minimum absolute atomic E-state index is 0.844. The Morgan fingerprint density at radius 1 is 1.40 bits per heavy atom. The van der Waals surface area contributed by atoms with E-state index >= 15 is 0 Å². The lowest BCUT2D eigenvalue weighted by Crippen LogP contribution is -2.10. The van der Waals surface area contributed by atoms with Gasteiger partial charge in [-0.25, -0.2) is 0 Å². The lowest BCUT2D eigenvalue weighted by molar-refractivity contribution is 0.499. The van der Waals surface area contributed by atoms with Gasteiger partial charge < -0.3 is 4.98 Å². The molecule has 0 amide bonds. The summed E-state index contributed by atoms with van der Waals surface area (Å²) in [7, 11) is 2.17. The molecule has 0 bridgehead atoms. The Balaban J connectivity index is 2.25. The molecule has 15 heavy (non-hydrogen) atoms. The van der Waals surface area contributed by atoms with E-state index in [2.05, 4.69) is 38.0 Å². The third-order valence-electron chi connectivity index (χ3n) is 3.59. The fraction of sp³-hybridized carbons (Fsp3) is 0.385. The normalized spacial score (nSPS) is 20.5. The Morgan fingerprint density at radius 3 is 3.13 bits per heavy atom. The van der Waals surface area contributed by atoms with E-state index in [1.807, 2.05) is 0 Å². The highest BCUT2D eigenvalue weighted by Gasteiger charge is 2.19. The minimum Gasteiger partial charge on any atom is -0.358 e. The molecule has 1 heterocycles. The van der Waals surface area contributed by atoms with Crippen molar-refractivity contribution in [2.45, 2.75) is 26.2 Å². The van der Waals surface area contributed by atoms with E-state index in [0.717, 1.165) is 5.92 Å². The summed E-state index contributed by atoms with van der Waals surface area (Å²) in [4.78, 5) is 3.56. The summed E-state index contributed by atoms with van der Waals surface area (Å²) in [6, 6.07) is 6.73. The first-order valence-electron chi connectivity index (χ1n) is 5.84. The first-order valence-corrected chi connectivity index (χ1v) is 5.84. The van der Waals surface area contributed by atoms with Crippen molar-refractivity contribution in [3.8, 4) is 0 Å². The summed E-state index contributed by atoms with van der Waals surface area (Å²) in [5.41, 5.74) is 5.74. The van der Waals surface area contributed by atoms with Gasteiger partial charge in [0.2, 0.25) is 0 Å². The minimum atomic E-state index is 0.844. The van der Waals surface area contributed by atoms with Gasteiger partial charge >= 0.3 is 0 Å². The van der Waals surface area contributed by atoms with Crippen molar-refractivity contribution >= 4 is 24.2 Å². The van der Waals surface area contributed by atoms with Crippen molar-refractivity contribution in [1.29, 1.82) is 0 Å². The molecule has 1 aromatic carbocycles. The fourth-order valence-corrected chi connectivity index (χ4v) is 2.71. The molecule has 76 valence electrons. The molecule has 0 saturated carbocycles. The Morgan fingerprint density at radius 2 is 2.27 bits per heavy atom. The van der Waals surface area contributed by atoms with E-state index in [1.165, 1.54) is 41.3 Å². The van der Waals surface area contributed by atoms with Gasteiger partial charge in [-0.05, 0) is 36.8 Å². The molecule has 3 rings (SSSR count). The summed E-state index contributed by atoms with van der Waals surface area (Å²) in [5.74, 6) is 0.844. The highest BCUT2D eigenvalue weighted by Crippen LogP contribution is 2.30. The summed E-state index contributed by atoms with van der Waals surface area (Å²) in [5, 5.41) is 1.46. The molecular weight excluding hydrogens is 181 g/mol. The number of H-pyrrole nitrogens is 1. The average Bonchev–Trinajstić information content (AvgIpc) is 2.56. The number of aryl methyl sites for hydroxylation is 1. The van der Waals surface area contributed by atoms with E-state index in [9.17, 15) is 0 Å². The molecule has 0 fully saturated rings. The van der Waals surface area contributed by atoms with Crippen molar-refractivity contribution in [1.82, 2.24) is 4.98 Å². The largest absolute Gasteiger partial charge is 0.358 e. The van der Waals surface area contributed by atoms with Crippen LogP contribution in [0.3, 0.4) is 0 Å². The van der Waals surface area contributed by atoms with Crippen molar-refractivity contribution in [2.24, 2.45) is 5.92 Å². The zero-order valence-electron chi connectivity index (χ0n) is 9.43. The first kappa shape index (κ1) is 9.08. The molecule has 0 saturated heterocycles. The zero-order chi connectivity index (χ0) is 10.4. The van der Waals surface area contributed by atoms with Crippen molar-refractivity contribution < 1.29 is 0 Å². The Kier molecular flexibility index (Phi) is 1.91. The Labute approximate surface area is 91.3 Å². The zero-order valence-corrected chi connectivity index (χ0v) is 9.43. The first-order chi connectivity index (χ1) is 7.24. The lowest BCUT2D eigenvalue weighted by Gasteiger charge is -2.18. The number of hydrogen-bond acceptors (Lipinski definition) is 0. The van der Waals surface area contributed by atoms with Crippen LogP contribution >= 0.6 is 0 Å². The number of benzene rings is 1. The standard InChI is InChI=1S/C13H16BN/c1-8-2-4-12-10(6-8)11-7-9(14)3-5-13(11)15-12/h3,5,7-8,15H,2,4,6,14H2,1H3. The van der Waals surface area contributed by atoms with Gasteiger partial charge in [-0.1, -0.05) is 24.5 Å². The van der Waals surface area contributed by atoms with Crippen LogP contribution in [-0.4, -0.2) is 12.8 Å². The number of nitrogens with one attached hydrogen (secondary N) is 1. The number of fused-ring (bicyclic) bond motifs is 3. The van der Waals surface area contributed by atoms with E-state index in [-0.39, 0.29) is 0 Å². The highest BCUT2D eigenvalue weighted by molar-refractivity contribution is 6.33. The van der Waals surface area contributed by atoms with Gasteiger partial charge in [0.1, 0.15) is 7.85 Å². The monoisotopic (exact) mass is 197 g/mol. The van der Waals surface area contributed by atoms with Gasteiger partial charge in [-0.2, -0.15) is 0 Å². The predicted molar refractivity (Wildman–Crippen MR) is 67.7 cm³/mol. The molecule has 1 unspecified atom stereocenters. The topological polar surface area (TPSA) is 15.8 Å². The van der Waals surface area contributed by atoms with Gasteiger partial charge in [0.25, 0.3) is 0 Å². The molecule has 1 aliphatic rings. The Hall–Kier alpha value is -1.18. The van der Waals surface area contributed by atoms with Crippen LogP contribution in [0.4, 0.5) is 0 Å². The van der Waals surface area contributed by atoms with Gasteiger partial charge in [0, 0.05) is 16.6 Å². The number of aromatic nitrogens is 1. The van der Waals surface area contributed by atoms with Crippen LogP contribution < -0.4 is 5.46 Å².